The van der Waals surface area contributed by atoms with Gasteiger partial charge in [-0.05, 0) is 48.2 Å². The van der Waals surface area contributed by atoms with Crippen LogP contribution in [0.2, 0.25) is 0 Å². The highest BCUT2D eigenvalue weighted by Gasteiger charge is 2.13. The standard InChI is InChI=1S/C17H9BrN2O3S/c18-12-7-5-10(6-8-12)15-19-20-17(23-15)24-14-9-11-3-1-2-4-13(11)22-16(14)21/h1-9H. The van der Waals surface area contributed by atoms with Gasteiger partial charge in [0.05, 0.1) is 0 Å². The maximum absolute atomic E-state index is 12.1. The summed E-state index contributed by atoms with van der Waals surface area (Å²) in [7, 11) is 0. The monoisotopic (exact) mass is 400 g/mol. The zero-order valence-electron chi connectivity index (χ0n) is 12.1. The Morgan fingerprint density at radius 1 is 0.958 bits per heavy atom. The molecule has 2 heterocycles. The van der Waals surface area contributed by atoms with Crippen molar-refractivity contribution in [2.75, 3.05) is 0 Å². The number of halogens is 1. The minimum Gasteiger partial charge on any atom is -0.422 e. The molecule has 24 heavy (non-hydrogen) atoms. The molecule has 5 nitrogen and oxygen atoms in total. The number of hydrogen-bond donors (Lipinski definition) is 0. The molecule has 0 aliphatic carbocycles. The van der Waals surface area contributed by atoms with E-state index in [1.165, 1.54) is 0 Å². The topological polar surface area (TPSA) is 69.1 Å². The molecule has 7 heteroatoms. The van der Waals surface area contributed by atoms with Crippen molar-refractivity contribution in [1.82, 2.24) is 10.2 Å². The van der Waals surface area contributed by atoms with Crippen LogP contribution in [-0.4, -0.2) is 10.2 Å². The molecule has 4 rings (SSSR count). The molecule has 0 aliphatic heterocycles. The largest absolute Gasteiger partial charge is 0.422 e. The summed E-state index contributed by atoms with van der Waals surface area (Å²) < 4.78 is 11.9. The van der Waals surface area contributed by atoms with Gasteiger partial charge in [-0.25, -0.2) is 4.79 Å². The summed E-state index contributed by atoms with van der Waals surface area (Å²) in [5.74, 6) is 0.398. The molecule has 2 aromatic carbocycles. The van der Waals surface area contributed by atoms with Crippen LogP contribution in [0.1, 0.15) is 0 Å². The van der Waals surface area contributed by atoms with Crippen molar-refractivity contribution in [1.29, 1.82) is 0 Å². The predicted octanol–water partition coefficient (Wildman–Crippen LogP) is 4.76. The van der Waals surface area contributed by atoms with E-state index in [1.807, 2.05) is 42.5 Å². The molecule has 4 aromatic rings. The van der Waals surface area contributed by atoms with Gasteiger partial charge in [0.2, 0.25) is 5.89 Å². The van der Waals surface area contributed by atoms with Crippen molar-refractivity contribution < 1.29 is 8.83 Å². The van der Waals surface area contributed by atoms with Gasteiger partial charge in [-0.1, -0.05) is 34.1 Å². The molecule has 0 bridgehead atoms. The molecular formula is C17H9BrN2O3S. The third-order valence-electron chi connectivity index (χ3n) is 3.30. The molecule has 2 aromatic heterocycles. The van der Waals surface area contributed by atoms with Crippen LogP contribution < -0.4 is 5.63 Å². The molecule has 0 fully saturated rings. The molecular weight excluding hydrogens is 392 g/mol. The fourth-order valence-electron chi connectivity index (χ4n) is 2.17. The van der Waals surface area contributed by atoms with Crippen LogP contribution >= 0.6 is 27.7 Å². The first-order chi connectivity index (χ1) is 11.7. The van der Waals surface area contributed by atoms with Gasteiger partial charge >= 0.3 is 5.63 Å². The van der Waals surface area contributed by atoms with Crippen LogP contribution in [0, 0.1) is 0 Å². The Bertz CT molecular complexity index is 1070. The van der Waals surface area contributed by atoms with E-state index >= 15 is 0 Å². The first-order valence-corrected chi connectivity index (χ1v) is 8.60. The van der Waals surface area contributed by atoms with Crippen LogP contribution in [-0.2, 0) is 0 Å². The van der Waals surface area contributed by atoms with E-state index in [9.17, 15) is 4.79 Å². The maximum atomic E-state index is 12.1. The van der Waals surface area contributed by atoms with E-state index in [1.54, 1.807) is 12.1 Å². The first-order valence-electron chi connectivity index (χ1n) is 6.99. The molecule has 0 spiro atoms. The number of hydrogen-bond acceptors (Lipinski definition) is 6. The van der Waals surface area contributed by atoms with Crippen molar-refractivity contribution in [2.24, 2.45) is 0 Å². The summed E-state index contributed by atoms with van der Waals surface area (Å²) in [5, 5.41) is 9.13. The molecule has 0 radical (unpaired) electrons. The van der Waals surface area contributed by atoms with Gasteiger partial charge in [0.15, 0.2) is 0 Å². The lowest BCUT2D eigenvalue weighted by atomic mass is 10.2. The molecule has 0 amide bonds. The Morgan fingerprint density at radius 2 is 1.75 bits per heavy atom. The average Bonchev–Trinajstić information content (AvgIpc) is 3.05. The van der Waals surface area contributed by atoms with Gasteiger partial charge in [-0.15, -0.1) is 10.2 Å². The molecule has 0 aliphatic rings. The summed E-state index contributed by atoms with van der Waals surface area (Å²) in [6.45, 7) is 0. The minimum absolute atomic E-state index is 0.287. The van der Waals surface area contributed by atoms with Crippen molar-refractivity contribution in [3.05, 3.63) is 69.5 Å². The lowest BCUT2D eigenvalue weighted by Crippen LogP contribution is -2.01. The van der Waals surface area contributed by atoms with Crippen molar-refractivity contribution >= 4 is 38.7 Å². The highest BCUT2D eigenvalue weighted by atomic mass is 79.9. The lowest BCUT2D eigenvalue weighted by molar-refractivity contribution is 0.465. The van der Waals surface area contributed by atoms with Crippen molar-refractivity contribution in [3.63, 3.8) is 0 Å². The van der Waals surface area contributed by atoms with Crippen LogP contribution in [0.4, 0.5) is 0 Å². The zero-order chi connectivity index (χ0) is 16.5. The summed E-state index contributed by atoms with van der Waals surface area (Å²) in [6, 6.07) is 16.6. The number of benzene rings is 2. The summed E-state index contributed by atoms with van der Waals surface area (Å²) in [4.78, 5) is 12.5. The van der Waals surface area contributed by atoms with Gasteiger partial charge < -0.3 is 8.83 Å². The van der Waals surface area contributed by atoms with Gasteiger partial charge in [-0.2, -0.15) is 0 Å². The molecule has 0 unspecified atom stereocenters. The van der Waals surface area contributed by atoms with E-state index in [2.05, 4.69) is 26.1 Å². The Morgan fingerprint density at radius 3 is 2.58 bits per heavy atom. The zero-order valence-corrected chi connectivity index (χ0v) is 14.5. The van der Waals surface area contributed by atoms with Gasteiger partial charge in [0, 0.05) is 15.4 Å². The first kappa shape index (κ1) is 15.2. The van der Waals surface area contributed by atoms with Crippen LogP contribution in [0.25, 0.3) is 22.4 Å². The number of nitrogens with zero attached hydrogens (tertiary/aromatic N) is 2. The summed E-state index contributed by atoms with van der Waals surface area (Å²) >= 11 is 4.47. The molecule has 0 atom stereocenters. The van der Waals surface area contributed by atoms with Crippen LogP contribution in [0.3, 0.4) is 0 Å². The predicted molar refractivity (Wildman–Crippen MR) is 94.0 cm³/mol. The summed E-state index contributed by atoms with van der Waals surface area (Å²) in [5.41, 5.74) is 0.929. The van der Waals surface area contributed by atoms with E-state index in [-0.39, 0.29) is 5.22 Å². The highest BCUT2D eigenvalue weighted by Crippen LogP contribution is 2.29. The highest BCUT2D eigenvalue weighted by molar-refractivity contribution is 9.10. The van der Waals surface area contributed by atoms with E-state index in [0.717, 1.165) is 27.2 Å². The Kier molecular flexibility index (Phi) is 3.95. The van der Waals surface area contributed by atoms with E-state index in [0.29, 0.717) is 16.4 Å². The van der Waals surface area contributed by atoms with E-state index in [4.69, 9.17) is 8.83 Å². The maximum Gasteiger partial charge on any atom is 0.350 e. The second kappa shape index (κ2) is 6.26. The number of para-hydroxylation sites is 1. The van der Waals surface area contributed by atoms with Crippen LogP contribution in [0.5, 0.6) is 0 Å². The van der Waals surface area contributed by atoms with Gasteiger partial charge in [0.1, 0.15) is 10.5 Å². The van der Waals surface area contributed by atoms with Crippen molar-refractivity contribution in [3.8, 4) is 11.5 Å². The molecule has 0 saturated carbocycles. The Labute approximate surface area is 148 Å². The SMILES string of the molecule is O=c1oc2ccccc2cc1Sc1nnc(-c2ccc(Br)cc2)o1. The normalized spacial score (nSPS) is 11.0. The summed E-state index contributed by atoms with van der Waals surface area (Å²) in [6.07, 6.45) is 0. The van der Waals surface area contributed by atoms with E-state index < -0.39 is 5.63 Å². The van der Waals surface area contributed by atoms with Gasteiger partial charge in [0.25, 0.3) is 5.22 Å². The molecule has 0 saturated heterocycles. The van der Waals surface area contributed by atoms with Crippen molar-refractivity contribution in [2.45, 2.75) is 10.1 Å². The Hall–Kier alpha value is -2.38. The molecule has 0 N–H and O–H groups in total. The van der Waals surface area contributed by atoms with Gasteiger partial charge in [-0.3, -0.25) is 0 Å². The quantitative estimate of drug-likeness (QED) is 0.461. The minimum atomic E-state index is -0.429. The average molecular weight is 401 g/mol. The number of fused-ring (bicyclic) bond motifs is 1. The number of aromatic nitrogens is 2. The molecule has 118 valence electrons. The Balaban J connectivity index is 1.65. The van der Waals surface area contributed by atoms with Crippen LogP contribution in [0.15, 0.2) is 82.8 Å². The number of rotatable bonds is 3. The third kappa shape index (κ3) is 3.00. The lowest BCUT2D eigenvalue weighted by Gasteiger charge is -1.99. The third-order valence-corrected chi connectivity index (χ3v) is 4.68. The smallest absolute Gasteiger partial charge is 0.350 e. The fourth-order valence-corrected chi connectivity index (χ4v) is 3.13. The second-order valence-corrected chi connectivity index (χ2v) is 6.83. The fraction of sp³-hybridized carbons (Fsp3) is 0. The second-order valence-electron chi connectivity index (χ2n) is 4.92.